The molecule has 0 aromatic heterocycles. The lowest BCUT2D eigenvalue weighted by molar-refractivity contribution is -0.288. The van der Waals surface area contributed by atoms with Crippen LogP contribution >= 0.6 is 23.2 Å². The number of hydrogen-bond donors (Lipinski definition) is 0. The van der Waals surface area contributed by atoms with E-state index in [0.717, 1.165) is 27.7 Å². The van der Waals surface area contributed by atoms with Crippen LogP contribution in [0.1, 0.15) is 27.7 Å². The van der Waals surface area contributed by atoms with E-state index in [-0.39, 0.29) is 21.6 Å². The van der Waals surface area contributed by atoms with Gasteiger partial charge in [-0.2, -0.15) is 0 Å². The minimum absolute atomic E-state index is 0.0143. The van der Waals surface area contributed by atoms with Gasteiger partial charge < -0.3 is 28.4 Å². The molecule has 5 atom stereocenters. The molecule has 3 rings (SSSR count). The van der Waals surface area contributed by atoms with Gasteiger partial charge in [-0.3, -0.25) is 24.0 Å². The second-order valence-electron chi connectivity index (χ2n) is 8.53. The molecule has 1 saturated heterocycles. The Morgan fingerprint density at radius 2 is 1.32 bits per heavy atom. The normalized spacial score (nSPS) is 23.7. The number of nitrogens with zero attached hydrogens (tertiary/aromatic N) is 1. The molecule has 1 heterocycles. The van der Waals surface area contributed by atoms with Crippen molar-refractivity contribution in [3.05, 3.63) is 46.5 Å². The number of carbonyl (C=O) groups is 5. The third-order valence-corrected chi connectivity index (χ3v) is 5.82. The first kappa shape index (κ1) is 30.8. The van der Waals surface area contributed by atoms with Gasteiger partial charge in [0.05, 0.1) is 21.4 Å². The zero-order valence-electron chi connectivity index (χ0n) is 21.8. The number of allylic oxidation sites excluding steroid dienone is 4. The molecule has 214 valence electrons. The molecule has 0 spiro atoms. The third kappa shape index (κ3) is 8.38. The number of ether oxygens (including phenoxy) is 6. The number of esters is 4. The largest absolute Gasteiger partial charge is 0.463 e. The highest BCUT2D eigenvalue weighted by molar-refractivity contribution is 6.37. The summed E-state index contributed by atoms with van der Waals surface area (Å²) in [4.78, 5) is 63.1. The molecular formula is C26H25Cl2NO11. The van der Waals surface area contributed by atoms with Crippen molar-refractivity contribution in [2.24, 2.45) is 4.99 Å². The number of ketones is 1. The number of rotatable bonds is 8. The predicted octanol–water partition coefficient (Wildman–Crippen LogP) is 3.22. The molecule has 0 N–H and O–H groups in total. The Bertz CT molecular complexity index is 1250. The number of hydrogen-bond acceptors (Lipinski definition) is 12. The van der Waals surface area contributed by atoms with Crippen molar-refractivity contribution in [1.29, 1.82) is 0 Å². The van der Waals surface area contributed by atoms with Crippen LogP contribution in [-0.4, -0.2) is 72.7 Å². The molecule has 0 bridgehead atoms. The molecule has 40 heavy (non-hydrogen) atoms. The van der Waals surface area contributed by atoms with E-state index in [1.165, 1.54) is 36.4 Å². The monoisotopic (exact) mass is 597 g/mol. The predicted molar refractivity (Wildman–Crippen MR) is 139 cm³/mol. The summed E-state index contributed by atoms with van der Waals surface area (Å²) in [6.07, 6.45) is -1.25. The maximum atomic E-state index is 12.0. The third-order valence-electron chi connectivity index (χ3n) is 5.26. The first-order valence-corrected chi connectivity index (χ1v) is 12.5. The van der Waals surface area contributed by atoms with Crippen LogP contribution in [0.3, 0.4) is 0 Å². The molecule has 14 heteroatoms. The molecule has 1 aliphatic carbocycles. The summed E-state index contributed by atoms with van der Waals surface area (Å²) >= 11 is 12.9. The van der Waals surface area contributed by atoms with Gasteiger partial charge in [0.15, 0.2) is 23.7 Å². The maximum Gasteiger partial charge on any atom is 0.303 e. The Balaban J connectivity index is 1.99. The van der Waals surface area contributed by atoms with Crippen molar-refractivity contribution in [2.75, 3.05) is 6.61 Å². The van der Waals surface area contributed by atoms with Crippen LogP contribution in [0.5, 0.6) is 5.75 Å². The summed E-state index contributed by atoms with van der Waals surface area (Å²) in [6, 6.07) is 2.86. The summed E-state index contributed by atoms with van der Waals surface area (Å²) < 4.78 is 33.0. The van der Waals surface area contributed by atoms with Crippen LogP contribution in [0, 0.1) is 0 Å². The second-order valence-corrected chi connectivity index (χ2v) is 9.34. The van der Waals surface area contributed by atoms with Crippen LogP contribution in [-0.2, 0) is 47.7 Å². The number of aliphatic imine (C=N–C) groups is 1. The Kier molecular flexibility index (Phi) is 10.4. The quantitative estimate of drug-likeness (QED) is 0.246. The highest BCUT2D eigenvalue weighted by Gasteiger charge is 2.53. The zero-order valence-corrected chi connectivity index (χ0v) is 23.3. The molecule has 1 aromatic carbocycles. The smallest absolute Gasteiger partial charge is 0.303 e. The van der Waals surface area contributed by atoms with Crippen molar-refractivity contribution < 1.29 is 52.4 Å². The average molecular weight is 598 g/mol. The van der Waals surface area contributed by atoms with Gasteiger partial charge in [-0.05, 0) is 36.4 Å². The van der Waals surface area contributed by atoms with Gasteiger partial charge >= 0.3 is 23.9 Å². The standard InChI is InChI=1S/C26H25Cl2NO11/c1-12(30)35-11-21-23(36-13(2)31)24(37-14(3)32)25(38-15(4)33)26(39-21)40-22-19(27)9-17(10-20(22)28)29-16-5-7-18(34)8-6-16/h5-10,21,23-26H,11H2,1-4H3/t21-,23-,24+,25-,26+/m1/s1. The lowest BCUT2D eigenvalue weighted by Crippen LogP contribution is -2.63. The molecule has 1 fully saturated rings. The second kappa shape index (κ2) is 13.6. The summed E-state index contributed by atoms with van der Waals surface area (Å²) in [7, 11) is 0. The van der Waals surface area contributed by atoms with E-state index >= 15 is 0 Å². The fourth-order valence-electron chi connectivity index (χ4n) is 3.79. The Labute approximate surface area is 238 Å². The SMILES string of the molecule is CC(=O)OC[C@H]1O[C@@H](Oc2c(Cl)cc(N=C3C=CC(=O)C=C3)cc2Cl)[C@H](OC(C)=O)[C@@H](OC(C)=O)[C@@H]1OC(C)=O. The first-order valence-electron chi connectivity index (χ1n) is 11.8. The Morgan fingerprint density at radius 1 is 0.800 bits per heavy atom. The fourth-order valence-corrected chi connectivity index (χ4v) is 4.36. The minimum atomic E-state index is -1.52. The Hall–Kier alpha value is -3.74. The van der Waals surface area contributed by atoms with Gasteiger partial charge in [0.2, 0.25) is 12.4 Å². The number of benzene rings is 1. The van der Waals surface area contributed by atoms with Gasteiger partial charge in [-0.25, -0.2) is 4.99 Å². The fraction of sp³-hybridized carbons (Fsp3) is 0.385. The molecule has 0 amide bonds. The van der Waals surface area contributed by atoms with Gasteiger partial charge in [-0.1, -0.05) is 23.2 Å². The van der Waals surface area contributed by atoms with Crippen molar-refractivity contribution in [3.63, 3.8) is 0 Å². The van der Waals surface area contributed by atoms with Gasteiger partial charge in [0, 0.05) is 27.7 Å². The van der Waals surface area contributed by atoms with Crippen LogP contribution < -0.4 is 4.74 Å². The summed E-state index contributed by atoms with van der Waals surface area (Å²) in [5.41, 5.74) is 0.808. The topological polar surface area (TPSA) is 153 Å². The first-order chi connectivity index (χ1) is 18.8. The molecule has 1 aliphatic heterocycles. The van der Waals surface area contributed by atoms with Crippen molar-refractivity contribution in [2.45, 2.75) is 58.4 Å². The molecule has 1 aromatic rings. The lowest BCUT2D eigenvalue weighted by atomic mass is 9.98. The lowest BCUT2D eigenvalue weighted by Gasteiger charge is -2.44. The average Bonchev–Trinajstić information content (AvgIpc) is 2.84. The molecular weight excluding hydrogens is 573 g/mol. The number of carbonyl (C=O) groups excluding carboxylic acids is 5. The van der Waals surface area contributed by atoms with Crippen molar-refractivity contribution >= 4 is 64.3 Å². The molecule has 0 radical (unpaired) electrons. The Morgan fingerprint density at radius 3 is 1.85 bits per heavy atom. The van der Waals surface area contributed by atoms with Crippen molar-refractivity contribution in [1.82, 2.24) is 0 Å². The highest BCUT2D eigenvalue weighted by Crippen LogP contribution is 2.40. The van der Waals surface area contributed by atoms with Gasteiger partial charge in [0.1, 0.15) is 12.7 Å². The van der Waals surface area contributed by atoms with E-state index in [1.54, 1.807) is 0 Å². The van der Waals surface area contributed by atoms with E-state index in [1.807, 2.05) is 0 Å². The molecule has 12 nitrogen and oxygen atoms in total. The van der Waals surface area contributed by atoms with Gasteiger partial charge in [-0.15, -0.1) is 0 Å². The molecule has 0 unspecified atom stereocenters. The van der Waals surface area contributed by atoms with E-state index in [4.69, 9.17) is 51.6 Å². The van der Waals surface area contributed by atoms with Crippen molar-refractivity contribution in [3.8, 4) is 5.75 Å². The van der Waals surface area contributed by atoms with Crippen LogP contribution in [0.4, 0.5) is 5.69 Å². The maximum absolute atomic E-state index is 12.0. The highest BCUT2D eigenvalue weighted by atomic mass is 35.5. The zero-order chi connectivity index (χ0) is 29.6. The summed E-state index contributed by atoms with van der Waals surface area (Å²) in [5.74, 6) is -3.30. The van der Waals surface area contributed by atoms with Gasteiger partial charge in [0.25, 0.3) is 0 Å². The van der Waals surface area contributed by atoms with Crippen LogP contribution in [0.15, 0.2) is 41.4 Å². The van der Waals surface area contributed by atoms with E-state index < -0.39 is 61.2 Å². The van der Waals surface area contributed by atoms with E-state index in [9.17, 15) is 24.0 Å². The van der Waals surface area contributed by atoms with E-state index in [0.29, 0.717) is 11.4 Å². The van der Waals surface area contributed by atoms with E-state index in [2.05, 4.69) is 4.99 Å². The molecule has 2 aliphatic rings. The molecule has 0 saturated carbocycles. The number of halogens is 2. The summed E-state index contributed by atoms with van der Waals surface area (Å²) in [6.45, 7) is 4.04. The van der Waals surface area contributed by atoms with Crippen LogP contribution in [0.25, 0.3) is 0 Å². The minimum Gasteiger partial charge on any atom is -0.463 e. The van der Waals surface area contributed by atoms with Crippen LogP contribution in [0.2, 0.25) is 10.0 Å². The summed E-state index contributed by atoms with van der Waals surface area (Å²) in [5, 5.41) is -0.0286.